The number of nitrogens with one attached hydrogen (secondary N) is 1. The second-order valence-corrected chi connectivity index (χ2v) is 6.65. The Morgan fingerprint density at radius 2 is 2.12 bits per heavy atom. The Morgan fingerprint density at radius 3 is 2.71 bits per heavy atom. The number of alkyl carbamates (subject to hydrolysis) is 1. The molecule has 7 heteroatoms. The van der Waals surface area contributed by atoms with Crippen LogP contribution in [0.4, 0.5) is 10.5 Å². The molecule has 1 N–H and O–H groups in total. The summed E-state index contributed by atoms with van der Waals surface area (Å²) in [6.45, 7) is 7.01. The molecule has 128 valence electrons. The summed E-state index contributed by atoms with van der Waals surface area (Å²) in [4.78, 5) is 25.9. The Hall–Kier alpha value is -2.75. The fourth-order valence-corrected chi connectivity index (χ4v) is 2.32. The number of carbonyl (C=O) groups is 2. The van der Waals surface area contributed by atoms with E-state index < -0.39 is 17.7 Å². The summed E-state index contributed by atoms with van der Waals surface area (Å²) in [6, 6.07) is 4.54. The first-order chi connectivity index (χ1) is 11.1. The zero-order chi connectivity index (χ0) is 18.1. The number of fused-ring (bicyclic) bond motifs is 1. The lowest BCUT2D eigenvalue weighted by Crippen LogP contribution is -2.50. The van der Waals surface area contributed by atoms with Crippen LogP contribution in [0.5, 0.6) is 5.75 Å². The van der Waals surface area contributed by atoms with Gasteiger partial charge < -0.3 is 19.7 Å². The molecule has 24 heavy (non-hydrogen) atoms. The molecule has 0 bridgehead atoms. The predicted octanol–water partition coefficient (Wildman–Crippen LogP) is 2.12. The van der Waals surface area contributed by atoms with Crippen LogP contribution in [0.2, 0.25) is 0 Å². The number of benzene rings is 1. The molecule has 1 aliphatic heterocycles. The molecule has 0 saturated heterocycles. The first-order valence-corrected chi connectivity index (χ1v) is 7.57. The van der Waals surface area contributed by atoms with E-state index in [2.05, 4.69) is 11.4 Å². The molecule has 1 aromatic carbocycles. The van der Waals surface area contributed by atoms with Crippen molar-refractivity contribution in [2.45, 2.75) is 39.3 Å². The Bertz CT molecular complexity index is 716. The maximum Gasteiger partial charge on any atom is 0.408 e. The number of likely N-dealkylation sites (N-methyl/N-ethyl adjacent to an activating group) is 1. The van der Waals surface area contributed by atoms with Crippen molar-refractivity contribution in [3.63, 3.8) is 0 Å². The highest BCUT2D eigenvalue weighted by Gasteiger charge is 2.32. The van der Waals surface area contributed by atoms with E-state index in [1.165, 1.54) is 4.90 Å². The van der Waals surface area contributed by atoms with Crippen molar-refractivity contribution >= 4 is 17.7 Å². The fourth-order valence-electron chi connectivity index (χ4n) is 2.32. The topological polar surface area (TPSA) is 91.7 Å². The van der Waals surface area contributed by atoms with Gasteiger partial charge >= 0.3 is 6.09 Å². The molecule has 0 aliphatic carbocycles. The van der Waals surface area contributed by atoms with Gasteiger partial charge in [-0.05, 0) is 45.4 Å². The number of amides is 2. The minimum Gasteiger partial charge on any atom is -0.489 e. The van der Waals surface area contributed by atoms with Crippen LogP contribution in [0.25, 0.3) is 0 Å². The largest absolute Gasteiger partial charge is 0.489 e. The van der Waals surface area contributed by atoms with Gasteiger partial charge in [-0.15, -0.1) is 0 Å². The second kappa shape index (κ2) is 6.40. The molecular weight excluding hydrogens is 310 g/mol. The summed E-state index contributed by atoms with van der Waals surface area (Å²) in [5.74, 6) is 0.156. The molecule has 1 aliphatic rings. The number of hydrogen-bond acceptors (Lipinski definition) is 5. The zero-order valence-corrected chi connectivity index (χ0v) is 14.5. The van der Waals surface area contributed by atoms with Crippen molar-refractivity contribution in [2.75, 3.05) is 18.6 Å². The second-order valence-electron chi connectivity index (χ2n) is 6.65. The van der Waals surface area contributed by atoms with Crippen LogP contribution in [0, 0.1) is 18.3 Å². The highest BCUT2D eigenvalue weighted by molar-refractivity contribution is 6.00. The van der Waals surface area contributed by atoms with Crippen LogP contribution in [0.3, 0.4) is 0 Å². The third-order valence-electron chi connectivity index (χ3n) is 3.51. The van der Waals surface area contributed by atoms with Gasteiger partial charge in [0.1, 0.15) is 24.0 Å². The lowest BCUT2D eigenvalue weighted by atomic mass is 10.1. The quantitative estimate of drug-likeness (QED) is 0.851. The van der Waals surface area contributed by atoms with E-state index in [0.717, 1.165) is 5.56 Å². The first-order valence-electron chi connectivity index (χ1n) is 7.57. The number of rotatable bonds is 1. The molecule has 0 saturated carbocycles. The van der Waals surface area contributed by atoms with Crippen LogP contribution < -0.4 is 15.0 Å². The summed E-state index contributed by atoms with van der Waals surface area (Å²) in [7, 11) is 1.58. The molecule has 0 radical (unpaired) electrons. The summed E-state index contributed by atoms with van der Waals surface area (Å²) >= 11 is 0. The van der Waals surface area contributed by atoms with Gasteiger partial charge in [-0.2, -0.15) is 5.26 Å². The van der Waals surface area contributed by atoms with Crippen molar-refractivity contribution in [3.8, 4) is 11.8 Å². The molecule has 0 aromatic heterocycles. The summed E-state index contributed by atoms with van der Waals surface area (Å²) in [5, 5.41) is 11.7. The molecule has 0 spiro atoms. The Labute approximate surface area is 141 Å². The number of nitrogens with zero attached hydrogens (tertiary/aromatic N) is 2. The number of carbonyl (C=O) groups excluding carboxylic acids is 2. The Balaban J connectivity index is 2.23. The molecule has 0 unspecified atom stereocenters. The molecule has 1 aromatic rings. The Morgan fingerprint density at radius 1 is 1.46 bits per heavy atom. The van der Waals surface area contributed by atoms with Crippen molar-refractivity contribution in [1.29, 1.82) is 5.26 Å². The van der Waals surface area contributed by atoms with Gasteiger partial charge in [0.25, 0.3) is 5.91 Å². The highest BCUT2D eigenvalue weighted by atomic mass is 16.6. The number of nitriles is 1. The van der Waals surface area contributed by atoms with Crippen LogP contribution in [0.15, 0.2) is 12.1 Å². The number of hydrogen-bond donors (Lipinski definition) is 1. The number of aryl methyl sites for hydroxylation is 1. The van der Waals surface area contributed by atoms with Gasteiger partial charge in [0.05, 0.1) is 17.3 Å². The van der Waals surface area contributed by atoms with Gasteiger partial charge in [0, 0.05) is 7.05 Å². The van der Waals surface area contributed by atoms with Gasteiger partial charge in [-0.3, -0.25) is 4.79 Å². The van der Waals surface area contributed by atoms with E-state index in [4.69, 9.17) is 14.7 Å². The van der Waals surface area contributed by atoms with E-state index in [9.17, 15) is 9.59 Å². The summed E-state index contributed by atoms with van der Waals surface area (Å²) in [6.07, 6.45) is -0.683. The standard InChI is InChI=1S/C17H21N3O4/c1-10-6-14-13(7-11(10)8-18)20(5)15(21)12(9-23-14)19-16(22)24-17(2,3)4/h6-7,12H,9H2,1-5H3,(H,19,22)/t12-/m0/s1. The average Bonchev–Trinajstić information content (AvgIpc) is 2.57. The van der Waals surface area contributed by atoms with Gasteiger partial charge in [-0.1, -0.05) is 0 Å². The van der Waals surface area contributed by atoms with E-state index in [0.29, 0.717) is 17.0 Å². The van der Waals surface area contributed by atoms with E-state index >= 15 is 0 Å². The normalized spacial score (nSPS) is 17.2. The van der Waals surface area contributed by atoms with Crippen molar-refractivity contribution < 1.29 is 19.1 Å². The lowest BCUT2D eigenvalue weighted by molar-refractivity contribution is -0.120. The van der Waals surface area contributed by atoms with Crippen molar-refractivity contribution in [3.05, 3.63) is 23.3 Å². The van der Waals surface area contributed by atoms with Crippen LogP contribution in [-0.4, -0.2) is 37.3 Å². The minimum absolute atomic E-state index is 0.0131. The number of ether oxygens (including phenoxy) is 2. The van der Waals surface area contributed by atoms with E-state index in [1.54, 1.807) is 46.9 Å². The monoisotopic (exact) mass is 331 g/mol. The van der Waals surface area contributed by atoms with Crippen LogP contribution in [0.1, 0.15) is 31.9 Å². The average molecular weight is 331 g/mol. The van der Waals surface area contributed by atoms with Crippen molar-refractivity contribution in [1.82, 2.24) is 5.32 Å². The molecular formula is C17H21N3O4. The molecule has 0 fully saturated rings. The number of anilines is 1. The predicted molar refractivity (Wildman–Crippen MR) is 88.0 cm³/mol. The van der Waals surface area contributed by atoms with Crippen LogP contribution >= 0.6 is 0 Å². The van der Waals surface area contributed by atoms with Gasteiger partial charge in [0.2, 0.25) is 0 Å². The molecule has 1 atom stereocenters. The third kappa shape index (κ3) is 3.77. The SMILES string of the molecule is Cc1cc2c(cc1C#N)N(C)C(=O)[C@@H](NC(=O)OC(C)(C)C)CO2. The molecule has 2 rings (SSSR count). The molecule has 7 nitrogen and oxygen atoms in total. The third-order valence-corrected chi connectivity index (χ3v) is 3.51. The van der Waals surface area contributed by atoms with E-state index in [1.807, 2.05) is 0 Å². The van der Waals surface area contributed by atoms with Gasteiger partial charge in [0.15, 0.2) is 0 Å². The highest BCUT2D eigenvalue weighted by Crippen LogP contribution is 2.33. The summed E-state index contributed by atoms with van der Waals surface area (Å²) in [5.41, 5.74) is 1.06. The maximum absolute atomic E-state index is 12.6. The molecule has 2 amide bonds. The zero-order valence-electron chi connectivity index (χ0n) is 14.5. The fraction of sp³-hybridized carbons (Fsp3) is 0.471. The Kier molecular flexibility index (Phi) is 4.69. The molecule has 1 heterocycles. The van der Waals surface area contributed by atoms with E-state index in [-0.39, 0.29) is 12.5 Å². The smallest absolute Gasteiger partial charge is 0.408 e. The summed E-state index contributed by atoms with van der Waals surface area (Å²) < 4.78 is 10.8. The maximum atomic E-state index is 12.6. The van der Waals surface area contributed by atoms with Crippen molar-refractivity contribution in [2.24, 2.45) is 0 Å². The van der Waals surface area contributed by atoms with Crippen LogP contribution in [-0.2, 0) is 9.53 Å². The first kappa shape index (κ1) is 17.6. The van der Waals surface area contributed by atoms with Gasteiger partial charge in [-0.25, -0.2) is 4.79 Å². The minimum atomic E-state index is -0.872. The lowest BCUT2D eigenvalue weighted by Gasteiger charge is -2.23.